The molecule has 24 heavy (non-hydrogen) atoms. The molecule has 0 aliphatic carbocycles. The lowest BCUT2D eigenvalue weighted by Crippen LogP contribution is -2.43. The van der Waals surface area contributed by atoms with E-state index in [0.29, 0.717) is 24.2 Å². The number of carbonyl (C=O) groups is 1. The van der Waals surface area contributed by atoms with Crippen molar-refractivity contribution in [1.29, 1.82) is 0 Å². The van der Waals surface area contributed by atoms with Gasteiger partial charge >= 0.3 is 0 Å². The zero-order valence-electron chi connectivity index (χ0n) is 15.6. The van der Waals surface area contributed by atoms with Gasteiger partial charge in [-0.15, -0.1) is 0 Å². The number of H-pyrrole nitrogens is 1. The summed E-state index contributed by atoms with van der Waals surface area (Å²) in [6.45, 7) is 12.0. The van der Waals surface area contributed by atoms with Gasteiger partial charge in [0.1, 0.15) is 11.5 Å². The first-order chi connectivity index (χ1) is 11.3. The second kappa shape index (κ2) is 6.87. The molecule has 1 unspecified atom stereocenters. The average molecular weight is 332 g/mol. The van der Waals surface area contributed by atoms with Crippen molar-refractivity contribution < 1.29 is 4.79 Å². The molecule has 0 spiro atoms. The molecule has 0 bridgehead atoms. The van der Waals surface area contributed by atoms with E-state index in [1.54, 1.807) is 0 Å². The Hall–Kier alpha value is -1.36. The van der Waals surface area contributed by atoms with Crippen LogP contribution < -0.4 is 5.32 Å². The highest BCUT2D eigenvalue weighted by Crippen LogP contribution is 2.26. The molecule has 2 aliphatic rings. The number of nitrogens with one attached hydrogen (secondary N) is 2. The molecule has 134 valence electrons. The van der Waals surface area contributed by atoms with Crippen LogP contribution in [0, 0.1) is 11.3 Å². The highest BCUT2D eigenvalue weighted by Gasteiger charge is 2.31. The monoisotopic (exact) mass is 332 g/mol. The first kappa shape index (κ1) is 17.5. The van der Waals surface area contributed by atoms with Crippen LogP contribution in [0.4, 0.5) is 0 Å². The average Bonchev–Trinajstić information content (AvgIpc) is 2.84. The predicted molar refractivity (Wildman–Crippen MR) is 96.2 cm³/mol. The van der Waals surface area contributed by atoms with Crippen LogP contribution >= 0.6 is 0 Å². The third-order valence-corrected chi connectivity index (χ3v) is 5.20. The molecule has 1 aromatic rings. The maximum Gasteiger partial charge on any atom is 0.271 e. The Balaban J connectivity index is 1.76. The zero-order chi connectivity index (χ0) is 17.3. The Labute approximate surface area is 145 Å². The van der Waals surface area contributed by atoms with E-state index >= 15 is 0 Å². The molecule has 1 atom stereocenters. The molecular formula is C19H32N4O. The second-order valence-electron chi connectivity index (χ2n) is 8.78. The van der Waals surface area contributed by atoms with E-state index in [0.717, 1.165) is 30.9 Å². The molecule has 2 N–H and O–H groups in total. The van der Waals surface area contributed by atoms with Crippen molar-refractivity contribution in [3.8, 4) is 0 Å². The number of amides is 1. The number of nitrogens with zero attached hydrogens (tertiary/aromatic N) is 2. The van der Waals surface area contributed by atoms with Crippen LogP contribution in [-0.2, 0) is 12.8 Å². The largest absolute Gasteiger partial charge is 0.350 e. The van der Waals surface area contributed by atoms with Crippen molar-refractivity contribution in [3.05, 3.63) is 17.2 Å². The predicted octanol–water partition coefficient (Wildman–Crippen LogP) is 2.77. The third-order valence-electron chi connectivity index (χ3n) is 5.20. The van der Waals surface area contributed by atoms with Crippen molar-refractivity contribution >= 4 is 5.91 Å². The molecule has 2 aliphatic heterocycles. The van der Waals surface area contributed by atoms with Crippen LogP contribution in [-0.4, -0.2) is 46.5 Å². The van der Waals surface area contributed by atoms with Crippen LogP contribution in [0.15, 0.2) is 0 Å². The summed E-state index contributed by atoms with van der Waals surface area (Å²) < 4.78 is 0. The van der Waals surface area contributed by atoms with Crippen molar-refractivity contribution in [2.24, 2.45) is 11.3 Å². The number of fused-ring (bicyclic) bond motifs is 1. The van der Waals surface area contributed by atoms with Crippen LogP contribution in [0.25, 0.3) is 0 Å². The summed E-state index contributed by atoms with van der Waals surface area (Å²) in [7, 11) is 0. The highest BCUT2D eigenvalue weighted by atomic mass is 16.1. The van der Waals surface area contributed by atoms with Gasteiger partial charge in [-0.1, -0.05) is 34.1 Å². The number of hydrogen-bond donors (Lipinski definition) is 2. The summed E-state index contributed by atoms with van der Waals surface area (Å²) in [6, 6.07) is 0.548. The van der Waals surface area contributed by atoms with E-state index in [1.807, 2.05) is 0 Å². The van der Waals surface area contributed by atoms with E-state index in [-0.39, 0.29) is 11.3 Å². The Morgan fingerprint density at radius 2 is 2.12 bits per heavy atom. The van der Waals surface area contributed by atoms with Gasteiger partial charge in [0, 0.05) is 31.2 Å². The molecule has 1 aromatic heterocycles. The van der Waals surface area contributed by atoms with E-state index in [2.05, 4.69) is 47.9 Å². The molecule has 0 aromatic carbocycles. The van der Waals surface area contributed by atoms with E-state index in [1.165, 1.54) is 25.8 Å². The fraction of sp³-hybridized carbons (Fsp3) is 0.789. The Morgan fingerprint density at radius 3 is 2.88 bits per heavy atom. The zero-order valence-corrected chi connectivity index (χ0v) is 15.6. The fourth-order valence-corrected chi connectivity index (χ4v) is 4.04. The van der Waals surface area contributed by atoms with Crippen molar-refractivity contribution in [1.82, 2.24) is 20.2 Å². The topological polar surface area (TPSA) is 61.0 Å². The molecule has 5 heteroatoms. The van der Waals surface area contributed by atoms with Gasteiger partial charge in [0.2, 0.25) is 0 Å². The minimum absolute atomic E-state index is 0.0271. The van der Waals surface area contributed by atoms with Crippen LogP contribution in [0.3, 0.4) is 0 Å². The van der Waals surface area contributed by atoms with Gasteiger partial charge in [0.15, 0.2) is 0 Å². The quantitative estimate of drug-likeness (QED) is 0.891. The van der Waals surface area contributed by atoms with Gasteiger partial charge in [0.05, 0.1) is 0 Å². The molecule has 3 rings (SSSR count). The SMILES string of the molecule is CC(C)CN1CCCCC1Cc1nc2c([nH]1)CC(C)(C)CNC2=O. The summed E-state index contributed by atoms with van der Waals surface area (Å²) in [5, 5.41) is 3.01. The standard InChI is InChI=1S/C19H32N4O/c1-13(2)11-23-8-6-5-7-14(23)9-16-21-15-10-19(3,4)12-20-18(24)17(15)22-16/h13-14H,5-12H2,1-4H3,(H,20,24)(H,21,22). The number of aromatic amines is 1. The number of likely N-dealkylation sites (tertiary alicyclic amines) is 1. The number of hydrogen-bond acceptors (Lipinski definition) is 3. The van der Waals surface area contributed by atoms with Crippen molar-refractivity contribution in [2.75, 3.05) is 19.6 Å². The van der Waals surface area contributed by atoms with Gasteiger partial charge in [-0.3, -0.25) is 9.69 Å². The Bertz CT molecular complexity index is 590. The summed E-state index contributed by atoms with van der Waals surface area (Å²) in [6.07, 6.45) is 5.62. The van der Waals surface area contributed by atoms with Gasteiger partial charge in [-0.25, -0.2) is 4.98 Å². The lowest BCUT2D eigenvalue weighted by molar-refractivity contribution is 0.0940. The molecule has 0 radical (unpaired) electrons. The minimum atomic E-state index is -0.0271. The molecule has 0 saturated carbocycles. The van der Waals surface area contributed by atoms with Crippen LogP contribution in [0.2, 0.25) is 0 Å². The Morgan fingerprint density at radius 1 is 1.33 bits per heavy atom. The number of carbonyl (C=O) groups excluding carboxylic acids is 1. The van der Waals surface area contributed by atoms with Gasteiger partial charge in [0.25, 0.3) is 5.91 Å². The van der Waals surface area contributed by atoms with E-state index in [9.17, 15) is 4.79 Å². The fourth-order valence-electron chi connectivity index (χ4n) is 4.04. The first-order valence-corrected chi connectivity index (χ1v) is 9.44. The summed E-state index contributed by atoms with van der Waals surface area (Å²) >= 11 is 0. The van der Waals surface area contributed by atoms with Crippen LogP contribution in [0.5, 0.6) is 0 Å². The second-order valence-corrected chi connectivity index (χ2v) is 8.78. The molecule has 1 saturated heterocycles. The van der Waals surface area contributed by atoms with Gasteiger partial charge in [-0.05, 0) is 37.1 Å². The third kappa shape index (κ3) is 4.00. The lowest BCUT2D eigenvalue weighted by atomic mass is 9.88. The van der Waals surface area contributed by atoms with Gasteiger partial charge in [-0.2, -0.15) is 0 Å². The maximum atomic E-state index is 12.3. The normalized spacial score (nSPS) is 24.5. The number of rotatable bonds is 4. The molecule has 3 heterocycles. The van der Waals surface area contributed by atoms with Crippen molar-refractivity contribution in [3.63, 3.8) is 0 Å². The Kier molecular flexibility index (Phi) is 5.00. The number of imidazole rings is 1. The summed E-state index contributed by atoms with van der Waals surface area (Å²) in [4.78, 5) is 23.1. The molecular weight excluding hydrogens is 300 g/mol. The summed E-state index contributed by atoms with van der Waals surface area (Å²) in [5.74, 6) is 1.64. The van der Waals surface area contributed by atoms with E-state index < -0.39 is 0 Å². The lowest BCUT2D eigenvalue weighted by Gasteiger charge is -2.36. The highest BCUT2D eigenvalue weighted by molar-refractivity contribution is 5.93. The smallest absolute Gasteiger partial charge is 0.271 e. The molecule has 5 nitrogen and oxygen atoms in total. The van der Waals surface area contributed by atoms with Crippen molar-refractivity contribution in [2.45, 2.75) is 65.8 Å². The number of piperidine rings is 1. The van der Waals surface area contributed by atoms with Gasteiger partial charge < -0.3 is 10.3 Å². The maximum absolute atomic E-state index is 12.3. The summed E-state index contributed by atoms with van der Waals surface area (Å²) in [5.41, 5.74) is 1.69. The molecule has 1 fully saturated rings. The first-order valence-electron chi connectivity index (χ1n) is 9.44. The van der Waals surface area contributed by atoms with Crippen LogP contribution in [0.1, 0.15) is 69.0 Å². The van der Waals surface area contributed by atoms with E-state index in [4.69, 9.17) is 0 Å². The molecule has 1 amide bonds. The minimum Gasteiger partial charge on any atom is -0.350 e. The number of aromatic nitrogens is 2.